The summed E-state index contributed by atoms with van der Waals surface area (Å²) in [5.41, 5.74) is 6.58. The summed E-state index contributed by atoms with van der Waals surface area (Å²) in [6.45, 7) is 2.05. The highest BCUT2D eigenvalue weighted by Crippen LogP contribution is 2.41. The minimum atomic E-state index is -4.34. The van der Waals surface area contributed by atoms with Gasteiger partial charge in [0.05, 0.1) is 11.6 Å². The number of nitrogens with two attached hydrogens (primary N) is 2. The Balaban J connectivity index is 0.00000364. The van der Waals surface area contributed by atoms with Crippen LogP contribution < -0.4 is 16.9 Å². The SMILES string of the molecule is C[C@H]1C[C@](c2ccc(C(F)(F)F)cc2)(N(C)C)C[C@@H](/C(N)=C/N(C)N)N1.[HH]. The van der Waals surface area contributed by atoms with E-state index in [1.54, 1.807) is 25.4 Å². The number of halogens is 3. The first-order valence-electron chi connectivity index (χ1n) is 8.51. The molecular formula is C18H30F3N5. The molecule has 0 radical (unpaired) electrons. The highest BCUT2D eigenvalue weighted by molar-refractivity contribution is 5.32. The number of nitrogens with zero attached hydrogens (tertiary/aromatic N) is 2. The molecule has 0 aromatic heterocycles. The first-order valence-corrected chi connectivity index (χ1v) is 8.51. The number of rotatable bonds is 4. The summed E-state index contributed by atoms with van der Waals surface area (Å²) in [6, 6.07) is 5.45. The number of hydrogen-bond donors (Lipinski definition) is 3. The van der Waals surface area contributed by atoms with Crippen LogP contribution in [0.25, 0.3) is 0 Å². The van der Waals surface area contributed by atoms with Gasteiger partial charge in [0.2, 0.25) is 0 Å². The quantitative estimate of drug-likeness (QED) is 0.559. The molecule has 8 heteroatoms. The Bertz CT molecular complexity index is 645. The molecule has 1 aromatic carbocycles. The maximum Gasteiger partial charge on any atom is 0.416 e. The van der Waals surface area contributed by atoms with E-state index in [9.17, 15) is 13.2 Å². The molecule has 0 aliphatic carbocycles. The summed E-state index contributed by atoms with van der Waals surface area (Å²) in [6.07, 6.45) is -1.30. The van der Waals surface area contributed by atoms with Crippen molar-refractivity contribution >= 4 is 0 Å². The van der Waals surface area contributed by atoms with Gasteiger partial charge in [-0.05, 0) is 51.6 Å². The number of alkyl halides is 3. The van der Waals surface area contributed by atoms with Crippen LogP contribution in [0.1, 0.15) is 32.3 Å². The van der Waals surface area contributed by atoms with Gasteiger partial charge >= 0.3 is 6.18 Å². The number of hydrazine groups is 1. The van der Waals surface area contributed by atoms with Gasteiger partial charge in [0.1, 0.15) is 0 Å². The first-order chi connectivity index (χ1) is 12.0. The molecule has 3 atom stereocenters. The second-order valence-corrected chi connectivity index (χ2v) is 7.32. The highest BCUT2D eigenvalue weighted by Gasteiger charge is 2.43. The van der Waals surface area contributed by atoms with Gasteiger partial charge in [-0.25, -0.2) is 5.84 Å². The van der Waals surface area contributed by atoms with Crippen molar-refractivity contribution in [3.8, 4) is 0 Å². The second kappa shape index (κ2) is 7.46. The topological polar surface area (TPSA) is 70.5 Å². The Hall–Kier alpha value is -1.77. The van der Waals surface area contributed by atoms with Crippen molar-refractivity contribution in [1.29, 1.82) is 0 Å². The van der Waals surface area contributed by atoms with Gasteiger partial charge in [0, 0.05) is 32.0 Å². The van der Waals surface area contributed by atoms with Crippen LogP contribution >= 0.6 is 0 Å². The van der Waals surface area contributed by atoms with Crippen LogP contribution in [0.3, 0.4) is 0 Å². The highest BCUT2D eigenvalue weighted by atomic mass is 19.4. The molecule has 0 unspecified atom stereocenters. The molecule has 0 saturated carbocycles. The molecule has 5 N–H and O–H groups in total. The standard InChI is InChI=1S/C18H28F3N5.H2/c1-12-9-17(25(2)3,10-16(24-12)15(22)11-26(4)23)13-5-7-14(8-6-13)18(19,20)21;/h5-8,11-12,16,24H,9-10,22-23H2,1-4H3;1H/b15-11-;/t12-,16-,17-;/m0./s1. The molecule has 0 spiro atoms. The molecule has 2 rings (SSSR count). The van der Waals surface area contributed by atoms with Gasteiger partial charge in [-0.1, -0.05) is 12.1 Å². The predicted octanol–water partition coefficient (Wildman–Crippen LogP) is 2.45. The van der Waals surface area contributed by atoms with Crippen molar-refractivity contribution in [2.45, 2.75) is 43.6 Å². The summed E-state index contributed by atoms with van der Waals surface area (Å²) in [4.78, 5) is 2.07. The zero-order valence-corrected chi connectivity index (χ0v) is 15.6. The summed E-state index contributed by atoms with van der Waals surface area (Å²) >= 11 is 0. The van der Waals surface area contributed by atoms with Crippen LogP contribution in [0.5, 0.6) is 0 Å². The third kappa shape index (κ3) is 4.31. The summed E-state index contributed by atoms with van der Waals surface area (Å²) in [5.74, 6) is 5.66. The average Bonchev–Trinajstić information content (AvgIpc) is 2.52. The fraction of sp³-hybridized carbons (Fsp3) is 0.556. The Kier molecular flexibility index (Phi) is 5.89. The molecule has 0 amide bonds. The number of piperidine rings is 1. The molecule has 1 aromatic rings. The fourth-order valence-electron chi connectivity index (χ4n) is 3.76. The lowest BCUT2D eigenvalue weighted by atomic mass is 9.74. The van der Waals surface area contributed by atoms with E-state index in [2.05, 4.69) is 10.2 Å². The second-order valence-electron chi connectivity index (χ2n) is 7.32. The van der Waals surface area contributed by atoms with Crippen LogP contribution in [-0.4, -0.2) is 43.1 Å². The molecule has 1 aliphatic rings. The smallest absolute Gasteiger partial charge is 0.400 e. The first kappa shape index (κ1) is 20.5. The third-order valence-electron chi connectivity index (χ3n) is 5.03. The molecule has 1 aliphatic heterocycles. The minimum absolute atomic E-state index is 0. The van der Waals surface area contributed by atoms with E-state index >= 15 is 0 Å². The zero-order chi connectivity index (χ0) is 19.7. The van der Waals surface area contributed by atoms with Crippen molar-refractivity contribution < 1.29 is 14.6 Å². The third-order valence-corrected chi connectivity index (χ3v) is 5.03. The van der Waals surface area contributed by atoms with E-state index in [-0.39, 0.29) is 13.5 Å². The summed E-state index contributed by atoms with van der Waals surface area (Å²) < 4.78 is 38.7. The Labute approximate surface area is 154 Å². The molecule has 148 valence electrons. The number of nitrogens with one attached hydrogen (secondary N) is 1. The molecule has 26 heavy (non-hydrogen) atoms. The molecule has 5 nitrogen and oxygen atoms in total. The van der Waals surface area contributed by atoms with Crippen molar-refractivity contribution in [2.24, 2.45) is 11.6 Å². The van der Waals surface area contributed by atoms with Crippen molar-refractivity contribution in [2.75, 3.05) is 21.1 Å². The monoisotopic (exact) mass is 373 g/mol. The largest absolute Gasteiger partial charge is 0.416 e. The van der Waals surface area contributed by atoms with Gasteiger partial charge in [0.15, 0.2) is 0 Å². The van der Waals surface area contributed by atoms with E-state index in [4.69, 9.17) is 11.6 Å². The normalized spacial score (nSPS) is 27.7. The summed E-state index contributed by atoms with van der Waals surface area (Å²) in [5, 5.41) is 4.85. The lowest BCUT2D eigenvalue weighted by Crippen LogP contribution is -2.58. The van der Waals surface area contributed by atoms with Gasteiger partial charge in [-0.3, -0.25) is 4.90 Å². The summed E-state index contributed by atoms with van der Waals surface area (Å²) in [7, 11) is 5.58. The fourth-order valence-corrected chi connectivity index (χ4v) is 3.76. The van der Waals surface area contributed by atoms with E-state index < -0.39 is 17.3 Å². The van der Waals surface area contributed by atoms with Crippen molar-refractivity contribution in [3.63, 3.8) is 0 Å². The molecule has 1 saturated heterocycles. The maximum absolute atomic E-state index is 12.9. The van der Waals surface area contributed by atoms with Crippen molar-refractivity contribution in [1.82, 2.24) is 15.2 Å². The minimum Gasteiger partial charge on any atom is -0.400 e. The van der Waals surface area contributed by atoms with E-state index in [1.807, 2.05) is 21.0 Å². The van der Waals surface area contributed by atoms with Crippen molar-refractivity contribution in [3.05, 3.63) is 47.3 Å². The van der Waals surface area contributed by atoms with Crippen LogP contribution in [-0.2, 0) is 11.7 Å². The van der Waals surface area contributed by atoms with E-state index in [1.165, 1.54) is 5.01 Å². The Morgan fingerprint density at radius 1 is 1.23 bits per heavy atom. The van der Waals surface area contributed by atoms with Crippen LogP contribution in [0.2, 0.25) is 0 Å². The van der Waals surface area contributed by atoms with Crippen LogP contribution in [0, 0.1) is 0 Å². The Morgan fingerprint density at radius 3 is 2.27 bits per heavy atom. The van der Waals surface area contributed by atoms with E-state index in [0.29, 0.717) is 12.1 Å². The van der Waals surface area contributed by atoms with Gasteiger partial charge in [0.25, 0.3) is 0 Å². The maximum atomic E-state index is 12.9. The lowest BCUT2D eigenvalue weighted by molar-refractivity contribution is -0.137. The van der Waals surface area contributed by atoms with Gasteiger partial charge in [-0.2, -0.15) is 13.2 Å². The van der Waals surface area contributed by atoms with E-state index in [0.717, 1.165) is 24.1 Å². The van der Waals surface area contributed by atoms with Crippen LogP contribution in [0.4, 0.5) is 13.2 Å². The lowest BCUT2D eigenvalue weighted by Gasteiger charge is -2.49. The predicted molar refractivity (Wildman–Crippen MR) is 98.8 cm³/mol. The number of hydrogen-bond acceptors (Lipinski definition) is 5. The molecule has 1 fully saturated rings. The average molecular weight is 373 g/mol. The molecule has 1 heterocycles. The zero-order valence-electron chi connectivity index (χ0n) is 15.6. The molecule has 0 bridgehead atoms. The molecular weight excluding hydrogens is 343 g/mol. The van der Waals surface area contributed by atoms with Gasteiger partial charge in [-0.15, -0.1) is 0 Å². The van der Waals surface area contributed by atoms with Gasteiger partial charge < -0.3 is 16.1 Å². The van der Waals surface area contributed by atoms with Crippen LogP contribution in [0.15, 0.2) is 36.2 Å². The number of benzene rings is 1. The Morgan fingerprint density at radius 2 is 1.81 bits per heavy atom.